The van der Waals surface area contributed by atoms with Crippen LogP contribution in [0.4, 0.5) is 12.9 Å². The summed E-state index contributed by atoms with van der Waals surface area (Å²) < 4.78 is 29.0. The van der Waals surface area contributed by atoms with Gasteiger partial charge in [0.25, 0.3) is 0 Å². The van der Waals surface area contributed by atoms with Gasteiger partial charge in [-0.3, -0.25) is 12.9 Å². The van der Waals surface area contributed by atoms with E-state index in [0.29, 0.717) is 0 Å². The van der Waals surface area contributed by atoms with Crippen LogP contribution in [-0.4, -0.2) is 7.54 Å². The van der Waals surface area contributed by atoms with Crippen LogP contribution in [0, 0.1) is 12.8 Å². The smallest absolute Gasteiger partial charge is 0.340 e. The van der Waals surface area contributed by atoms with E-state index in [0.717, 1.165) is 5.92 Å². The summed E-state index contributed by atoms with van der Waals surface area (Å²) in [5.41, 5.74) is 0. The average molecular weight is 162 g/mol. The molecule has 48 valence electrons. The fourth-order valence-corrected chi connectivity index (χ4v) is 0.118. The van der Waals surface area contributed by atoms with E-state index in [4.69, 9.17) is 0 Å². The van der Waals surface area contributed by atoms with Gasteiger partial charge in [0.05, 0.1) is 0 Å². The van der Waals surface area contributed by atoms with Crippen LogP contribution in [0.2, 0.25) is 0 Å². The third-order valence-electron chi connectivity index (χ3n) is 0.697. The van der Waals surface area contributed by atoms with Gasteiger partial charge in [-0.05, 0) is 0 Å². The maximum absolute atomic E-state index is 9.67. The molecule has 0 spiro atoms. The molecule has 0 atom stereocenters. The summed E-state index contributed by atoms with van der Waals surface area (Å²) in [4.78, 5) is 0. The van der Waals surface area contributed by atoms with Crippen molar-refractivity contribution >= 4 is 7.54 Å². The minimum absolute atomic E-state index is 0. The first-order valence-electron chi connectivity index (χ1n) is 2.38. The van der Waals surface area contributed by atoms with Gasteiger partial charge in [0.2, 0.25) is 0 Å². The second kappa shape index (κ2) is 7.60. The fraction of sp³-hybridized carbons (Fsp3) is 0.750. The molecule has 0 aromatic carbocycles. The van der Waals surface area contributed by atoms with E-state index in [1.807, 2.05) is 0 Å². The molecule has 0 aromatic rings. The Bertz CT molecular complexity index is 55.0. The third kappa shape index (κ3) is 26.4. The number of halogens is 3. The van der Waals surface area contributed by atoms with E-state index in [-0.39, 0.29) is 51.4 Å². The van der Waals surface area contributed by atoms with Crippen LogP contribution in [0.15, 0.2) is 0 Å². The van der Waals surface area contributed by atoms with Gasteiger partial charge in [-0.15, -0.1) is 0 Å². The summed E-state index contributed by atoms with van der Waals surface area (Å²) in [6.07, 6.45) is 2.75. The summed E-state index contributed by atoms with van der Waals surface area (Å²) in [5, 5.41) is 0. The molecule has 0 unspecified atom stereocenters. The molecule has 1 saturated carbocycles. The monoisotopic (exact) mass is 162 g/mol. The van der Waals surface area contributed by atoms with Gasteiger partial charge in [0.1, 0.15) is 0 Å². The normalized spacial score (nSPS) is 14.7. The Kier molecular flexibility index (Phi) is 11.1. The van der Waals surface area contributed by atoms with Crippen LogP contribution in [0.25, 0.3) is 0 Å². The van der Waals surface area contributed by atoms with Gasteiger partial charge in [0.15, 0.2) is 0 Å². The first-order chi connectivity index (χ1) is 3.63. The van der Waals surface area contributed by atoms with Gasteiger partial charge >= 0.3 is 58.9 Å². The van der Waals surface area contributed by atoms with Crippen molar-refractivity contribution in [3.63, 3.8) is 0 Å². The minimum Gasteiger partial charge on any atom is -0.340 e. The maximum atomic E-state index is 9.67. The van der Waals surface area contributed by atoms with Crippen LogP contribution >= 0.6 is 0 Å². The van der Waals surface area contributed by atoms with Crippen molar-refractivity contribution < 1.29 is 64.3 Å². The maximum Gasteiger partial charge on any atom is 1.00 e. The van der Waals surface area contributed by atoms with Gasteiger partial charge in [-0.1, -0.05) is 12.8 Å². The predicted octanol–water partition coefficient (Wildman–Crippen LogP) is -0.886. The molecule has 0 heterocycles. The van der Waals surface area contributed by atoms with Gasteiger partial charge in [-0.25, -0.2) is 0 Å². The Morgan fingerprint density at radius 2 is 1.33 bits per heavy atom. The summed E-state index contributed by atoms with van der Waals surface area (Å²) in [5.74, 6) is 0.833. The quantitative estimate of drug-likeness (QED) is 0.320. The minimum atomic E-state index is -3.67. The second-order valence-corrected chi connectivity index (χ2v) is 1.69. The summed E-state index contributed by atoms with van der Waals surface area (Å²) in [6, 6.07) is 0. The van der Waals surface area contributed by atoms with Crippen molar-refractivity contribution in [3.8, 4) is 0 Å². The van der Waals surface area contributed by atoms with Gasteiger partial charge < -0.3 is 6.92 Å². The molecule has 0 bridgehead atoms. The molecule has 0 amide bonds. The molecular formula is C4H7BF3K. The zero-order chi connectivity index (χ0) is 6.57. The van der Waals surface area contributed by atoms with Gasteiger partial charge in [-0.2, -0.15) is 5.92 Å². The molecule has 0 saturated heterocycles. The molecule has 0 N–H and O–H groups in total. The first kappa shape index (κ1) is 13.1. The van der Waals surface area contributed by atoms with E-state index < -0.39 is 7.54 Å². The molecule has 0 nitrogen and oxygen atoms in total. The molecule has 9 heavy (non-hydrogen) atoms. The van der Waals surface area contributed by atoms with Crippen molar-refractivity contribution in [1.82, 2.24) is 0 Å². The van der Waals surface area contributed by atoms with Crippen molar-refractivity contribution in [2.24, 2.45) is 5.92 Å². The van der Waals surface area contributed by atoms with Crippen molar-refractivity contribution in [3.05, 3.63) is 6.92 Å². The Morgan fingerprint density at radius 1 is 1.22 bits per heavy atom. The summed E-state index contributed by atoms with van der Waals surface area (Å²) >= 11 is 0. The van der Waals surface area contributed by atoms with Crippen LogP contribution in [-0.2, 0) is 0 Å². The molecule has 0 radical (unpaired) electrons. The molecular weight excluding hydrogens is 155 g/mol. The van der Waals surface area contributed by atoms with Crippen LogP contribution in [0.5, 0.6) is 0 Å². The predicted molar refractivity (Wildman–Crippen MR) is 27.2 cm³/mol. The van der Waals surface area contributed by atoms with Crippen molar-refractivity contribution in [1.29, 1.82) is 0 Å². The van der Waals surface area contributed by atoms with E-state index >= 15 is 0 Å². The first-order valence-corrected chi connectivity index (χ1v) is 2.38. The molecule has 1 aliphatic carbocycles. The van der Waals surface area contributed by atoms with E-state index in [1.165, 1.54) is 12.8 Å². The molecule has 0 aliphatic heterocycles. The number of hydrogen-bond acceptors (Lipinski definition) is 0. The van der Waals surface area contributed by atoms with Crippen LogP contribution in [0.3, 0.4) is 0 Å². The SMILES string of the molecule is FB(F)F.[CH2-]C1CC1.[K+]. The van der Waals surface area contributed by atoms with E-state index in [9.17, 15) is 12.9 Å². The summed E-state index contributed by atoms with van der Waals surface area (Å²) in [6.45, 7) is 3.75. The largest absolute Gasteiger partial charge is 1.00 e. The second-order valence-electron chi connectivity index (χ2n) is 1.69. The zero-order valence-electron chi connectivity index (χ0n) is 5.41. The Hall–Kier alpha value is 1.49. The Labute approximate surface area is 96.2 Å². The fourth-order valence-electron chi connectivity index (χ4n) is 0.118. The number of hydrogen-bond donors (Lipinski definition) is 0. The van der Waals surface area contributed by atoms with Crippen molar-refractivity contribution in [2.75, 3.05) is 0 Å². The standard InChI is InChI=1S/C4H7.BF3.K/c1-4-2-3-4;2-1(3)4;/h4H,1-3H2;;/q-1;;+1. The Balaban J connectivity index is 0. The molecule has 1 aliphatic rings. The summed E-state index contributed by atoms with van der Waals surface area (Å²) in [7, 11) is -3.67. The zero-order valence-corrected chi connectivity index (χ0v) is 8.53. The van der Waals surface area contributed by atoms with Crippen molar-refractivity contribution in [2.45, 2.75) is 12.8 Å². The van der Waals surface area contributed by atoms with E-state index in [1.54, 1.807) is 0 Å². The third-order valence-corrected chi connectivity index (χ3v) is 0.697. The Morgan fingerprint density at radius 3 is 1.33 bits per heavy atom. The topological polar surface area (TPSA) is 0 Å². The average Bonchev–Trinajstić information content (AvgIpc) is 2.19. The molecule has 0 aromatic heterocycles. The van der Waals surface area contributed by atoms with E-state index in [2.05, 4.69) is 6.92 Å². The van der Waals surface area contributed by atoms with Crippen LogP contribution < -0.4 is 51.4 Å². The van der Waals surface area contributed by atoms with Gasteiger partial charge in [0, 0.05) is 0 Å². The molecule has 1 fully saturated rings. The molecule has 5 heteroatoms. The molecule has 1 rings (SSSR count). The number of rotatable bonds is 0. The van der Waals surface area contributed by atoms with Crippen LogP contribution in [0.1, 0.15) is 12.8 Å².